The van der Waals surface area contributed by atoms with Gasteiger partial charge in [0.2, 0.25) is 5.91 Å². The third-order valence-electron chi connectivity index (χ3n) is 7.84. The number of pyridine rings is 1. The van der Waals surface area contributed by atoms with Crippen LogP contribution in [-0.2, 0) is 23.1 Å². The fraction of sp³-hybridized carbons (Fsp3) is 0.321. The first-order valence-corrected chi connectivity index (χ1v) is 14.0. The number of carbonyl (C=O) groups excluding carboxylic acids is 2. The average Bonchev–Trinajstić information content (AvgIpc) is 3.31. The van der Waals surface area contributed by atoms with Gasteiger partial charge in [0.1, 0.15) is 23.8 Å². The molecule has 1 spiro atoms. The van der Waals surface area contributed by atoms with Gasteiger partial charge in [-0.25, -0.2) is 9.97 Å². The largest absolute Gasteiger partial charge is 0.506 e. The molecule has 0 atom stereocenters. The normalized spacial score (nSPS) is 16.0. The lowest BCUT2D eigenvalue weighted by Gasteiger charge is -2.48. The lowest BCUT2D eigenvalue weighted by atomic mass is 9.79. The summed E-state index contributed by atoms with van der Waals surface area (Å²) in [7, 11) is 1.55. The Bertz CT molecular complexity index is 1810. The van der Waals surface area contributed by atoms with E-state index in [4.69, 9.17) is 33.7 Å². The molecule has 218 valence electrons. The van der Waals surface area contributed by atoms with Crippen molar-refractivity contribution in [3.05, 3.63) is 62.9 Å². The average molecular weight is 612 g/mol. The zero-order valence-corrected chi connectivity index (χ0v) is 24.1. The van der Waals surface area contributed by atoms with Crippen LogP contribution < -0.4 is 21.5 Å². The number of ether oxygens (including phenoxy) is 1. The number of anilines is 2. The predicted molar refractivity (Wildman–Crippen MR) is 158 cm³/mol. The molecule has 1 aliphatic carbocycles. The molecular formula is C28H27Cl2N7O5. The fourth-order valence-electron chi connectivity index (χ4n) is 5.50. The van der Waals surface area contributed by atoms with E-state index in [1.807, 2.05) is 0 Å². The number of benzene rings is 1. The Labute approximate surface area is 249 Å². The van der Waals surface area contributed by atoms with Crippen molar-refractivity contribution in [2.24, 2.45) is 12.8 Å². The maximum atomic E-state index is 13.3. The zero-order valence-electron chi connectivity index (χ0n) is 22.6. The molecule has 14 heteroatoms. The monoisotopic (exact) mass is 611 g/mol. The first-order chi connectivity index (χ1) is 20.0. The molecule has 0 radical (unpaired) electrons. The number of nitrogens with one attached hydrogen (secondary N) is 1. The van der Waals surface area contributed by atoms with Crippen molar-refractivity contribution in [3.8, 4) is 16.9 Å². The van der Waals surface area contributed by atoms with E-state index in [2.05, 4.69) is 20.2 Å². The number of phenols is 1. The highest BCUT2D eigenvalue weighted by atomic mass is 35.5. The van der Waals surface area contributed by atoms with E-state index in [1.54, 1.807) is 19.3 Å². The van der Waals surface area contributed by atoms with E-state index in [0.29, 0.717) is 35.8 Å². The van der Waals surface area contributed by atoms with Crippen molar-refractivity contribution in [2.75, 3.05) is 29.9 Å². The van der Waals surface area contributed by atoms with Crippen LogP contribution in [-0.4, -0.2) is 61.3 Å². The van der Waals surface area contributed by atoms with Gasteiger partial charge in [0.05, 0.1) is 51.4 Å². The molecule has 4 heterocycles. The summed E-state index contributed by atoms with van der Waals surface area (Å²) in [5, 5.41) is 13.4. The highest BCUT2D eigenvalue weighted by Gasteiger charge is 2.42. The van der Waals surface area contributed by atoms with Crippen LogP contribution in [0.3, 0.4) is 0 Å². The summed E-state index contributed by atoms with van der Waals surface area (Å²) in [5.41, 5.74) is 6.06. The Balaban J connectivity index is 1.31. The molecular weight excluding hydrogens is 585 g/mol. The van der Waals surface area contributed by atoms with Gasteiger partial charge < -0.3 is 34.9 Å². The van der Waals surface area contributed by atoms with E-state index in [1.165, 1.54) is 33.8 Å². The van der Waals surface area contributed by atoms with E-state index >= 15 is 0 Å². The number of carbonyl (C=O) groups is 2. The number of hydrogen-bond acceptors (Lipinski definition) is 8. The van der Waals surface area contributed by atoms with Crippen molar-refractivity contribution in [2.45, 2.75) is 31.4 Å². The minimum atomic E-state index is -0.890. The molecule has 1 saturated carbocycles. The van der Waals surface area contributed by atoms with Crippen LogP contribution in [0.2, 0.25) is 10.0 Å². The topological polar surface area (TPSA) is 158 Å². The third kappa shape index (κ3) is 4.95. The lowest BCUT2D eigenvalue weighted by Crippen LogP contribution is -2.56. The van der Waals surface area contributed by atoms with Gasteiger partial charge in [0, 0.05) is 38.0 Å². The van der Waals surface area contributed by atoms with Gasteiger partial charge in [-0.2, -0.15) is 0 Å². The number of aromatic hydroxyl groups is 1. The first kappa shape index (κ1) is 28.0. The highest BCUT2D eigenvalue weighted by Crippen LogP contribution is 2.40. The molecule has 3 aromatic heterocycles. The molecule has 2 aliphatic rings. The Kier molecular flexibility index (Phi) is 7.08. The van der Waals surface area contributed by atoms with E-state index in [9.17, 15) is 19.5 Å². The number of halogens is 2. The SMILES string of the molecule is Cn1cnc2c(c(-c3cc(Cl)c(O)c(C(N)=O)c3)cn2CC(=O)Nc2cc(N3CCOC4(CCC4)C3)ncc2Cl)c1=O. The number of morpholine rings is 1. The van der Waals surface area contributed by atoms with Gasteiger partial charge in [0.25, 0.3) is 11.5 Å². The number of primary amides is 1. The molecule has 1 aromatic carbocycles. The van der Waals surface area contributed by atoms with E-state index in [0.717, 1.165) is 25.8 Å². The number of amides is 2. The fourth-order valence-corrected chi connectivity index (χ4v) is 5.87. The molecule has 0 unspecified atom stereocenters. The molecule has 1 saturated heterocycles. The van der Waals surface area contributed by atoms with Gasteiger partial charge in [-0.05, 0) is 37.0 Å². The van der Waals surface area contributed by atoms with Crippen LogP contribution in [0, 0.1) is 0 Å². The summed E-state index contributed by atoms with van der Waals surface area (Å²) in [5.74, 6) is -1.08. The molecule has 4 N–H and O–H groups in total. The Morgan fingerprint density at radius 3 is 2.69 bits per heavy atom. The standard InChI is InChI=1S/C28H27Cl2N7O5/c1-35-14-33-26-23(27(35)41)17(15-7-16(25(31)40)24(39)18(29)8-15)11-37(26)12-22(38)34-20-9-21(32-10-19(20)30)36-5-6-42-28(13-36)3-2-4-28/h7-11,14,39H,2-6,12-13H2,1H3,(H2,31,40)(H,32,34,38). The van der Waals surface area contributed by atoms with Crippen LogP contribution >= 0.6 is 23.2 Å². The van der Waals surface area contributed by atoms with Crippen molar-refractivity contribution >= 4 is 57.6 Å². The highest BCUT2D eigenvalue weighted by molar-refractivity contribution is 6.34. The first-order valence-electron chi connectivity index (χ1n) is 13.3. The van der Waals surface area contributed by atoms with Crippen molar-refractivity contribution in [1.82, 2.24) is 19.1 Å². The molecule has 2 amide bonds. The lowest BCUT2D eigenvalue weighted by molar-refractivity contribution is -0.116. The molecule has 12 nitrogen and oxygen atoms in total. The van der Waals surface area contributed by atoms with Crippen LogP contribution in [0.1, 0.15) is 29.6 Å². The summed E-state index contributed by atoms with van der Waals surface area (Å²) >= 11 is 12.6. The van der Waals surface area contributed by atoms with Crippen LogP contribution in [0.25, 0.3) is 22.2 Å². The molecule has 42 heavy (non-hydrogen) atoms. The van der Waals surface area contributed by atoms with Crippen molar-refractivity contribution < 1.29 is 19.4 Å². The zero-order chi connectivity index (χ0) is 29.8. The molecule has 2 fully saturated rings. The van der Waals surface area contributed by atoms with Crippen molar-refractivity contribution in [3.63, 3.8) is 0 Å². The number of rotatable bonds is 6. The second-order valence-corrected chi connectivity index (χ2v) is 11.4. The summed E-state index contributed by atoms with van der Waals surface area (Å²) in [6.07, 6.45) is 7.61. The summed E-state index contributed by atoms with van der Waals surface area (Å²) in [6, 6.07) is 4.49. The Morgan fingerprint density at radius 2 is 1.98 bits per heavy atom. The number of fused-ring (bicyclic) bond motifs is 1. The van der Waals surface area contributed by atoms with Crippen molar-refractivity contribution in [1.29, 1.82) is 0 Å². The Morgan fingerprint density at radius 1 is 1.19 bits per heavy atom. The molecule has 4 aromatic rings. The Hall–Kier alpha value is -4.13. The van der Waals surface area contributed by atoms with E-state index in [-0.39, 0.29) is 44.3 Å². The minimum Gasteiger partial charge on any atom is -0.506 e. The number of nitrogens with zero attached hydrogens (tertiary/aromatic N) is 5. The predicted octanol–water partition coefficient (Wildman–Crippen LogP) is 3.31. The second-order valence-electron chi connectivity index (χ2n) is 10.6. The summed E-state index contributed by atoms with van der Waals surface area (Å²) in [6.45, 7) is 1.81. The van der Waals surface area contributed by atoms with Gasteiger partial charge in [0.15, 0.2) is 0 Å². The second kappa shape index (κ2) is 10.6. The van der Waals surface area contributed by atoms with Crippen LogP contribution in [0.5, 0.6) is 5.75 Å². The molecule has 1 aliphatic heterocycles. The smallest absolute Gasteiger partial charge is 0.263 e. The minimum absolute atomic E-state index is 0.118. The van der Waals surface area contributed by atoms with Crippen LogP contribution in [0.15, 0.2) is 41.7 Å². The van der Waals surface area contributed by atoms with Crippen LogP contribution in [0.4, 0.5) is 11.5 Å². The van der Waals surface area contributed by atoms with Gasteiger partial charge >= 0.3 is 0 Å². The third-order valence-corrected chi connectivity index (χ3v) is 8.43. The summed E-state index contributed by atoms with van der Waals surface area (Å²) in [4.78, 5) is 49.4. The number of aryl methyl sites for hydroxylation is 1. The number of nitrogens with two attached hydrogens (primary N) is 1. The summed E-state index contributed by atoms with van der Waals surface area (Å²) < 4.78 is 8.83. The molecule has 6 rings (SSSR count). The van der Waals surface area contributed by atoms with Gasteiger partial charge in [-0.1, -0.05) is 23.2 Å². The van der Waals surface area contributed by atoms with Gasteiger partial charge in [-0.3, -0.25) is 14.4 Å². The number of hydrogen-bond donors (Lipinski definition) is 3. The maximum absolute atomic E-state index is 13.3. The van der Waals surface area contributed by atoms with E-state index < -0.39 is 17.6 Å². The maximum Gasteiger partial charge on any atom is 0.263 e. The number of aromatic nitrogens is 4. The quantitative estimate of drug-likeness (QED) is 0.299. The van der Waals surface area contributed by atoms with Gasteiger partial charge in [-0.15, -0.1) is 0 Å². The molecule has 0 bridgehead atoms.